The zero-order valence-corrected chi connectivity index (χ0v) is 25.1. The molecule has 230 valence electrons. The van der Waals surface area contributed by atoms with Gasteiger partial charge in [-0.3, -0.25) is 34.0 Å². The molecule has 11 nitrogen and oxygen atoms in total. The summed E-state index contributed by atoms with van der Waals surface area (Å²) in [6.45, 7) is 0.718. The largest absolute Gasteiger partial charge is 0.388 e. The summed E-state index contributed by atoms with van der Waals surface area (Å²) in [4.78, 5) is 62.1. The number of piperidine rings is 1. The molecule has 11 heteroatoms. The molecule has 1 aromatic heterocycles. The van der Waals surface area contributed by atoms with Crippen molar-refractivity contribution in [2.75, 3.05) is 18.9 Å². The predicted octanol–water partition coefficient (Wildman–Crippen LogP) is 4.01. The van der Waals surface area contributed by atoms with Gasteiger partial charge in [-0.15, -0.1) is 0 Å². The summed E-state index contributed by atoms with van der Waals surface area (Å²) in [5.41, 5.74) is 5.13. The molecule has 45 heavy (non-hydrogen) atoms. The zero-order valence-electron chi connectivity index (χ0n) is 25.1. The second-order valence-electron chi connectivity index (χ2n) is 12.5. The maximum absolute atomic E-state index is 13.2. The van der Waals surface area contributed by atoms with E-state index in [1.165, 1.54) is 7.05 Å². The highest BCUT2D eigenvalue weighted by molar-refractivity contribution is 6.24. The van der Waals surface area contributed by atoms with E-state index >= 15 is 0 Å². The van der Waals surface area contributed by atoms with E-state index in [1.807, 2.05) is 30.5 Å². The number of para-hydroxylation sites is 2. The van der Waals surface area contributed by atoms with Crippen molar-refractivity contribution in [1.82, 2.24) is 25.1 Å². The first-order valence-electron chi connectivity index (χ1n) is 15.6. The molecule has 4 aliphatic rings. The molecule has 0 bridgehead atoms. The van der Waals surface area contributed by atoms with Crippen LogP contribution < -0.4 is 10.6 Å². The van der Waals surface area contributed by atoms with Crippen LogP contribution in [0.5, 0.6) is 0 Å². The molecule has 2 aliphatic heterocycles. The minimum absolute atomic E-state index is 0.116. The van der Waals surface area contributed by atoms with Crippen LogP contribution in [-0.4, -0.2) is 74.8 Å². The molecule has 4 amide bonds. The lowest BCUT2D eigenvalue weighted by Crippen LogP contribution is -2.54. The number of allylic oxidation sites excluding steroid dienone is 1. The summed E-state index contributed by atoms with van der Waals surface area (Å²) in [5, 5.41) is 15.7. The normalized spacial score (nSPS) is 23.3. The van der Waals surface area contributed by atoms with Crippen molar-refractivity contribution in [3.63, 3.8) is 0 Å². The Balaban J connectivity index is 0.924. The van der Waals surface area contributed by atoms with Crippen molar-refractivity contribution in [3.8, 4) is 0 Å². The van der Waals surface area contributed by atoms with Crippen LogP contribution in [0.25, 0.3) is 16.6 Å². The number of fused-ring (bicyclic) bond motifs is 2. The van der Waals surface area contributed by atoms with E-state index in [0.29, 0.717) is 23.6 Å². The Kier molecular flexibility index (Phi) is 7.39. The minimum atomic E-state index is -0.956. The van der Waals surface area contributed by atoms with Crippen LogP contribution in [0.4, 0.5) is 5.69 Å². The van der Waals surface area contributed by atoms with Crippen molar-refractivity contribution in [2.24, 2.45) is 11.8 Å². The van der Waals surface area contributed by atoms with Gasteiger partial charge in [-0.25, -0.2) is 4.98 Å². The molecule has 2 aliphatic carbocycles. The first-order valence-corrected chi connectivity index (χ1v) is 15.6. The fraction of sp³-hybridized carbons (Fsp3) is 0.382. The lowest BCUT2D eigenvalue weighted by atomic mass is 9.78. The molecular formula is C34H35N7O4. The molecule has 0 spiro atoms. The van der Waals surface area contributed by atoms with Gasteiger partial charge >= 0.3 is 0 Å². The second-order valence-corrected chi connectivity index (χ2v) is 12.5. The number of hydrogen-bond acceptors (Lipinski definition) is 9. The molecular weight excluding hydrogens is 570 g/mol. The third-order valence-electron chi connectivity index (χ3n) is 9.43. The first-order chi connectivity index (χ1) is 21.8. The second kappa shape index (κ2) is 11.5. The highest BCUT2D eigenvalue weighted by Crippen LogP contribution is 2.36. The monoisotopic (exact) mass is 605 g/mol. The van der Waals surface area contributed by atoms with Gasteiger partial charge in [-0.05, 0) is 74.8 Å². The van der Waals surface area contributed by atoms with Crippen molar-refractivity contribution >= 4 is 51.6 Å². The summed E-state index contributed by atoms with van der Waals surface area (Å²) in [6.07, 6.45) is 9.06. The SMILES string of the molecule is CN1C(=O)CCC(N2C(=O)c3ccc(NCCC4CC(N/C=C(\C(=N)C5CC5)c5cnc6ccccc6n5)C4)cc3C2=O)C1=O. The van der Waals surface area contributed by atoms with Gasteiger partial charge in [0.05, 0.1) is 34.1 Å². The first kappa shape index (κ1) is 28.8. The van der Waals surface area contributed by atoms with E-state index in [0.717, 1.165) is 76.4 Å². The van der Waals surface area contributed by atoms with Gasteiger partial charge in [0, 0.05) is 55.1 Å². The maximum atomic E-state index is 13.2. The number of carbonyl (C=O) groups excluding carboxylic acids is 4. The summed E-state index contributed by atoms with van der Waals surface area (Å²) < 4.78 is 0. The Morgan fingerprint density at radius 1 is 1.00 bits per heavy atom. The van der Waals surface area contributed by atoms with Crippen LogP contribution in [0.15, 0.2) is 54.9 Å². The number of likely N-dealkylation sites (tertiary alicyclic amines) is 1. The number of aromatic nitrogens is 2. The van der Waals surface area contributed by atoms with Gasteiger partial charge in [0.15, 0.2) is 0 Å². The molecule has 1 saturated heterocycles. The van der Waals surface area contributed by atoms with Crippen LogP contribution in [0.1, 0.15) is 71.4 Å². The van der Waals surface area contributed by atoms with Gasteiger partial charge < -0.3 is 16.0 Å². The van der Waals surface area contributed by atoms with Gasteiger partial charge in [-0.1, -0.05) is 12.1 Å². The van der Waals surface area contributed by atoms with Crippen molar-refractivity contribution < 1.29 is 19.2 Å². The molecule has 3 fully saturated rings. The number of carbonyl (C=O) groups is 4. The predicted molar refractivity (Wildman–Crippen MR) is 168 cm³/mol. The molecule has 2 saturated carbocycles. The van der Waals surface area contributed by atoms with E-state index < -0.39 is 23.8 Å². The number of likely N-dealkylation sites (N-methyl/N-ethyl adjacent to an activating group) is 1. The third kappa shape index (κ3) is 5.47. The molecule has 0 radical (unpaired) electrons. The highest BCUT2D eigenvalue weighted by Gasteiger charge is 2.46. The smallest absolute Gasteiger partial charge is 0.262 e. The lowest BCUT2D eigenvalue weighted by molar-refractivity contribution is -0.149. The van der Waals surface area contributed by atoms with Gasteiger partial charge in [-0.2, -0.15) is 0 Å². The van der Waals surface area contributed by atoms with Crippen LogP contribution >= 0.6 is 0 Å². The number of rotatable bonds is 10. The summed E-state index contributed by atoms with van der Waals surface area (Å²) in [6, 6.07) is 12.2. The number of imide groups is 2. The van der Waals surface area contributed by atoms with E-state index in [1.54, 1.807) is 24.4 Å². The fourth-order valence-electron chi connectivity index (χ4n) is 6.49. The standard InChI is InChI=1S/C34H35N7O4/c1-40-30(42)11-10-29(34(40)45)41-32(43)23-9-8-21(16-24(23)33(41)44)36-13-12-19-14-22(15-19)37-17-25(31(35)20-6-7-20)28-18-38-26-4-2-3-5-27(26)39-28/h2-5,8-9,16-20,22,29,35-37H,6-7,10-15H2,1H3/b25-17-,35-31?. The fourth-order valence-corrected chi connectivity index (χ4v) is 6.49. The Morgan fingerprint density at radius 2 is 1.76 bits per heavy atom. The molecule has 1 atom stereocenters. The number of nitrogens with zero attached hydrogens (tertiary/aromatic N) is 4. The number of amides is 4. The van der Waals surface area contributed by atoms with Gasteiger partial charge in [0.25, 0.3) is 17.7 Å². The van der Waals surface area contributed by atoms with E-state index in [-0.39, 0.29) is 29.9 Å². The van der Waals surface area contributed by atoms with E-state index in [4.69, 9.17) is 10.4 Å². The quantitative estimate of drug-likeness (QED) is 0.232. The average Bonchev–Trinajstić information content (AvgIpc) is 3.85. The molecule has 3 N–H and O–H groups in total. The van der Waals surface area contributed by atoms with Crippen LogP contribution in [0.3, 0.4) is 0 Å². The van der Waals surface area contributed by atoms with Crippen LogP contribution in [0, 0.1) is 17.2 Å². The summed E-state index contributed by atoms with van der Waals surface area (Å²) in [7, 11) is 1.38. The maximum Gasteiger partial charge on any atom is 0.262 e. The topological polar surface area (TPSA) is 148 Å². The van der Waals surface area contributed by atoms with Gasteiger partial charge in [0.2, 0.25) is 5.91 Å². The van der Waals surface area contributed by atoms with Gasteiger partial charge in [0.1, 0.15) is 6.04 Å². The minimum Gasteiger partial charge on any atom is -0.388 e. The number of hydrogen-bond donors (Lipinski definition) is 3. The Hall–Kier alpha value is -4.93. The number of benzene rings is 2. The summed E-state index contributed by atoms with van der Waals surface area (Å²) >= 11 is 0. The van der Waals surface area contributed by atoms with Crippen LogP contribution in [0.2, 0.25) is 0 Å². The van der Waals surface area contributed by atoms with E-state index in [2.05, 4.69) is 15.6 Å². The molecule has 2 aromatic carbocycles. The van der Waals surface area contributed by atoms with Crippen molar-refractivity contribution in [1.29, 1.82) is 5.41 Å². The summed E-state index contributed by atoms with van der Waals surface area (Å²) in [5.74, 6) is -0.983. The average molecular weight is 606 g/mol. The third-order valence-corrected chi connectivity index (χ3v) is 9.43. The van der Waals surface area contributed by atoms with Crippen molar-refractivity contribution in [3.05, 3.63) is 71.7 Å². The number of nitrogens with one attached hydrogen (secondary N) is 3. The molecule has 3 heterocycles. The molecule has 7 rings (SSSR count). The zero-order chi connectivity index (χ0) is 31.2. The molecule has 1 unspecified atom stereocenters. The Morgan fingerprint density at radius 3 is 2.53 bits per heavy atom. The lowest BCUT2D eigenvalue weighted by Gasteiger charge is -2.36. The Bertz CT molecular complexity index is 1780. The van der Waals surface area contributed by atoms with E-state index in [9.17, 15) is 19.2 Å². The Labute approximate surface area is 260 Å². The number of anilines is 1. The molecule has 3 aromatic rings. The van der Waals surface area contributed by atoms with Crippen molar-refractivity contribution in [2.45, 2.75) is 57.0 Å². The highest BCUT2D eigenvalue weighted by atomic mass is 16.2. The van der Waals surface area contributed by atoms with Crippen LogP contribution in [-0.2, 0) is 9.59 Å².